The van der Waals surface area contributed by atoms with Gasteiger partial charge < -0.3 is 14.6 Å². The molecule has 0 bridgehead atoms. The number of aromatic amines is 1. The Labute approximate surface area is 146 Å². The number of carbonyl (C=O) groups excluding carboxylic acids is 1. The van der Waals surface area contributed by atoms with E-state index in [0.717, 1.165) is 18.5 Å². The number of amides is 1. The van der Waals surface area contributed by atoms with Gasteiger partial charge >= 0.3 is 6.18 Å². The quantitative estimate of drug-likeness (QED) is 0.881. The van der Waals surface area contributed by atoms with Crippen LogP contribution in [-0.2, 0) is 0 Å². The Morgan fingerprint density at radius 2 is 2.28 bits per heavy atom. The van der Waals surface area contributed by atoms with E-state index < -0.39 is 12.8 Å². The Balaban J connectivity index is 1.75. The molecule has 2 aromatic rings. The molecule has 1 amide bonds. The first-order valence-corrected chi connectivity index (χ1v) is 8.02. The van der Waals surface area contributed by atoms with Gasteiger partial charge in [-0.3, -0.25) is 4.79 Å². The summed E-state index contributed by atoms with van der Waals surface area (Å²) in [6, 6.07) is 4.99. The minimum Gasteiger partial charge on any atom is -0.467 e. The molecule has 1 atom stereocenters. The summed E-state index contributed by atoms with van der Waals surface area (Å²) in [5, 5.41) is -0.134. The lowest BCUT2D eigenvalue weighted by molar-refractivity contribution is -0.154. The molecule has 1 saturated heterocycles. The van der Waals surface area contributed by atoms with Gasteiger partial charge in [-0.05, 0) is 31.0 Å². The number of halogens is 4. The molecule has 3 heterocycles. The molecule has 3 rings (SSSR count). The number of H-pyrrole nitrogens is 1. The van der Waals surface area contributed by atoms with Crippen LogP contribution in [0.2, 0.25) is 5.02 Å². The molecule has 1 aliphatic heterocycles. The van der Waals surface area contributed by atoms with Crippen molar-refractivity contribution in [2.45, 2.75) is 25.1 Å². The molecule has 0 saturated carbocycles. The Morgan fingerprint density at radius 1 is 1.48 bits per heavy atom. The molecule has 0 spiro atoms. The number of carbonyl (C=O) groups is 1. The predicted molar refractivity (Wildman–Crippen MR) is 84.6 cm³/mol. The third-order valence-electron chi connectivity index (χ3n) is 3.92. The molecule has 2 aromatic heterocycles. The van der Waals surface area contributed by atoms with Crippen molar-refractivity contribution in [2.24, 2.45) is 0 Å². The van der Waals surface area contributed by atoms with E-state index in [1.165, 1.54) is 12.3 Å². The summed E-state index contributed by atoms with van der Waals surface area (Å²) < 4.78 is 41.2. The third kappa shape index (κ3) is 4.07. The molecule has 25 heavy (non-hydrogen) atoms. The highest BCUT2D eigenvalue weighted by Crippen LogP contribution is 2.33. The topological polar surface area (TPSA) is 58.2 Å². The van der Waals surface area contributed by atoms with Crippen molar-refractivity contribution in [1.29, 1.82) is 0 Å². The summed E-state index contributed by atoms with van der Waals surface area (Å²) in [4.78, 5) is 21.3. The van der Waals surface area contributed by atoms with Crippen molar-refractivity contribution in [3.8, 4) is 5.88 Å². The number of aromatic nitrogens is 2. The van der Waals surface area contributed by atoms with E-state index in [-0.39, 0.29) is 28.4 Å². The lowest BCUT2D eigenvalue weighted by Gasteiger charge is -2.24. The van der Waals surface area contributed by atoms with E-state index in [1.807, 2.05) is 12.1 Å². The summed E-state index contributed by atoms with van der Waals surface area (Å²) in [6.45, 7) is -0.902. The van der Waals surface area contributed by atoms with Gasteiger partial charge in [0, 0.05) is 24.6 Å². The highest BCUT2D eigenvalue weighted by molar-refractivity contribution is 6.32. The monoisotopic (exact) mass is 373 g/mol. The van der Waals surface area contributed by atoms with E-state index >= 15 is 0 Å². The van der Waals surface area contributed by atoms with Crippen LogP contribution >= 0.6 is 11.6 Å². The minimum atomic E-state index is -4.49. The van der Waals surface area contributed by atoms with Gasteiger partial charge in [0.25, 0.3) is 5.91 Å². The second-order valence-electron chi connectivity index (χ2n) is 5.70. The number of pyridine rings is 1. The average molecular weight is 374 g/mol. The van der Waals surface area contributed by atoms with Gasteiger partial charge in [-0.2, -0.15) is 13.2 Å². The number of nitrogens with zero attached hydrogens (tertiary/aromatic N) is 2. The fourth-order valence-electron chi connectivity index (χ4n) is 2.85. The van der Waals surface area contributed by atoms with E-state index in [2.05, 4.69) is 14.7 Å². The molecule has 0 aliphatic carbocycles. The molecule has 0 aromatic carbocycles. The third-order valence-corrected chi connectivity index (χ3v) is 4.19. The lowest BCUT2D eigenvalue weighted by Crippen LogP contribution is -2.30. The SMILES string of the molecule is O=C(c1cnc(OCC(F)(F)F)c(Cl)c1)N1CCC[C@H]1c1ccc[nH]1. The van der Waals surface area contributed by atoms with Crippen molar-refractivity contribution in [3.63, 3.8) is 0 Å². The Kier molecular flexibility index (Phi) is 4.89. The first-order valence-electron chi connectivity index (χ1n) is 7.64. The van der Waals surface area contributed by atoms with Crippen LogP contribution in [0.3, 0.4) is 0 Å². The van der Waals surface area contributed by atoms with Crippen molar-refractivity contribution in [2.75, 3.05) is 13.2 Å². The van der Waals surface area contributed by atoms with Crippen LogP contribution in [0.25, 0.3) is 0 Å². The average Bonchev–Trinajstić information content (AvgIpc) is 3.22. The maximum atomic E-state index is 12.7. The molecule has 0 radical (unpaired) electrons. The van der Waals surface area contributed by atoms with Crippen LogP contribution in [-0.4, -0.2) is 40.1 Å². The number of hydrogen-bond acceptors (Lipinski definition) is 3. The highest BCUT2D eigenvalue weighted by atomic mass is 35.5. The predicted octanol–water partition coefficient (Wildman–Crippen LogP) is 3.98. The smallest absolute Gasteiger partial charge is 0.422 e. The molecule has 1 aliphatic rings. The Bertz CT molecular complexity index is 750. The van der Waals surface area contributed by atoms with Gasteiger partial charge in [0.2, 0.25) is 5.88 Å². The largest absolute Gasteiger partial charge is 0.467 e. The van der Waals surface area contributed by atoms with Gasteiger partial charge in [0.05, 0.1) is 11.6 Å². The zero-order chi connectivity index (χ0) is 18.0. The molecule has 0 unspecified atom stereocenters. The lowest BCUT2D eigenvalue weighted by atomic mass is 10.1. The van der Waals surface area contributed by atoms with E-state index in [4.69, 9.17) is 11.6 Å². The van der Waals surface area contributed by atoms with E-state index in [9.17, 15) is 18.0 Å². The maximum Gasteiger partial charge on any atom is 0.422 e. The number of rotatable bonds is 4. The van der Waals surface area contributed by atoms with Crippen molar-refractivity contribution >= 4 is 17.5 Å². The maximum absolute atomic E-state index is 12.7. The van der Waals surface area contributed by atoms with Crippen LogP contribution in [0.15, 0.2) is 30.6 Å². The molecule has 5 nitrogen and oxygen atoms in total. The number of ether oxygens (including phenoxy) is 1. The first-order chi connectivity index (χ1) is 11.8. The summed E-state index contributed by atoms with van der Waals surface area (Å²) >= 11 is 5.91. The highest BCUT2D eigenvalue weighted by Gasteiger charge is 2.32. The van der Waals surface area contributed by atoms with Crippen LogP contribution in [0, 0.1) is 0 Å². The zero-order valence-corrected chi connectivity index (χ0v) is 13.8. The fourth-order valence-corrected chi connectivity index (χ4v) is 3.07. The molecule has 1 N–H and O–H groups in total. The molecular formula is C16H15ClF3N3O2. The van der Waals surface area contributed by atoms with Crippen LogP contribution < -0.4 is 4.74 Å². The fraction of sp³-hybridized carbons (Fsp3) is 0.375. The standard InChI is InChI=1S/C16H15ClF3N3O2/c17-11-7-10(8-22-14(11)25-9-16(18,19)20)15(24)23-6-2-4-13(23)12-3-1-5-21-12/h1,3,5,7-8,13,21H,2,4,6,9H2/t13-/m0/s1. The molecule has 1 fully saturated rings. The molecular weight excluding hydrogens is 359 g/mol. The number of nitrogens with one attached hydrogen (secondary N) is 1. The van der Waals surface area contributed by atoms with Gasteiger partial charge in [0.1, 0.15) is 5.02 Å². The first kappa shape index (κ1) is 17.6. The van der Waals surface area contributed by atoms with Gasteiger partial charge in [-0.15, -0.1) is 0 Å². The number of hydrogen-bond donors (Lipinski definition) is 1. The van der Waals surface area contributed by atoms with Gasteiger partial charge in [-0.1, -0.05) is 11.6 Å². The summed E-state index contributed by atoms with van der Waals surface area (Å²) in [7, 11) is 0. The van der Waals surface area contributed by atoms with Crippen LogP contribution in [0.4, 0.5) is 13.2 Å². The van der Waals surface area contributed by atoms with E-state index in [0.29, 0.717) is 6.54 Å². The number of alkyl halides is 3. The zero-order valence-electron chi connectivity index (χ0n) is 13.0. The summed E-state index contributed by atoms with van der Waals surface area (Å²) in [5.74, 6) is -0.619. The van der Waals surface area contributed by atoms with E-state index in [1.54, 1.807) is 11.1 Å². The molecule has 9 heteroatoms. The number of likely N-dealkylation sites (tertiary alicyclic amines) is 1. The van der Waals surface area contributed by atoms with Crippen molar-refractivity contribution in [1.82, 2.24) is 14.9 Å². The Morgan fingerprint density at radius 3 is 2.92 bits per heavy atom. The van der Waals surface area contributed by atoms with Crippen LogP contribution in [0.5, 0.6) is 5.88 Å². The van der Waals surface area contributed by atoms with Crippen molar-refractivity contribution < 1.29 is 22.7 Å². The second-order valence-corrected chi connectivity index (χ2v) is 6.10. The minimum absolute atomic E-state index is 0.0672. The van der Waals surface area contributed by atoms with Gasteiger partial charge in [0.15, 0.2) is 6.61 Å². The van der Waals surface area contributed by atoms with Crippen LogP contribution in [0.1, 0.15) is 34.9 Å². The normalized spacial score (nSPS) is 17.8. The summed E-state index contributed by atoms with van der Waals surface area (Å²) in [5.41, 5.74) is 1.15. The van der Waals surface area contributed by atoms with Gasteiger partial charge in [-0.25, -0.2) is 4.98 Å². The Hall–Kier alpha value is -2.22. The second kappa shape index (κ2) is 6.95. The van der Waals surface area contributed by atoms with Crippen molar-refractivity contribution in [3.05, 3.63) is 46.9 Å². The molecule has 134 valence electrons. The summed E-state index contributed by atoms with van der Waals surface area (Å²) in [6.07, 6.45) is 0.188.